The quantitative estimate of drug-likeness (QED) is 0.327. The Balaban J connectivity index is 0.00000243. The maximum atomic E-state index is 10.5. The summed E-state index contributed by atoms with van der Waals surface area (Å²) in [6.45, 7) is 4.68. The zero-order chi connectivity index (χ0) is 17.9. The molecule has 1 aliphatic rings. The molecule has 1 heterocycles. The molecule has 1 saturated carbocycles. The highest BCUT2D eigenvalue weighted by atomic mass is 127. The number of guanidine groups is 1. The number of halogens is 2. The first-order valence-electron chi connectivity index (χ1n) is 8.56. The standard InChI is InChI=1S/C19H24ClN3O2.HI/c1-3-21-18(22-12-19(2,24)17-8-5-9-25-17)23-16-11-15(16)13-6-4-7-14(20)10-13;/h4-10,15-16,24H,3,11-12H2,1-2H3,(H2,21,22,23);1H. The van der Waals surface area contributed by atoms with Crippen LogP contribution in [-0.4, -0.2) is 30.2 Å². The van der Waals surface area contributed by atoms with Crippen LogP contribution in [0.2, 0.25) is 5.02 Å². The van der Waals surface area contributed by atoms with Crippen LogP contribution in [0.3, 0.4) is 0 Å². The van der Waals surface area contributed by atoms with Crippen molar-refractivity contribution in [1.29, 1.82) is 0 Å². The second kappa shape index (κ2) is 9.10. The first-order chi connectivity index (χ1) is 12.0. The van der Waals surface area contributed by atoms with Crippen molar-refractivity contribution >= 4 is 41.5 Å². The zero-order valence-electron chi connectivity index (χ0n) is 14.9. The first kappa shape index (κ1) is 21.1. The molecule has 0 radical (unpaired) electrons. The number of aliphatic imine (C=N–C) groups is 1. The highest BCUT2D eigenvalue weighted by Gasteiger charge is 2.39. The minimum Gasteiger partial charge on any atom is -0.466 e. The Kier molecular flexibility index (Phi) is 7.37. The third kappa shape index (κ3) is 5.37. The van der Waals surface area contributed by atoms with Crippen molar-refractivity contribution in [2.24, 2.45) is 4.99 Å². The van der Waals surface area contributed by atoms with Crippen molar-refractivity contribution in [2.75, 3.05) is 13.1 Å². The summed E-state index contributed by atoms with van der Waals surface area (Å²) < 4.78 is 5.30. The number of nitrogens with zero attached hydrogens (tertiary/aromatic N) is 1. The van der Waals surface area contributed by atoms with Gasteiger partial charge >= 0.3 is 0 Å². The fourth-order valence-electron chi connectivity index (χ4n) is 2.85. The molecule has 3 atom stereocenters. The monoisotopic (exact) mass is 489 g/mol. The van der Waals surface area contributed by atoms with Gasteiger partial charge in [0.15, 0.2) is 5.96 Å². The lowest BCUT2D eigenvalue weighted by Crippen LogP contribution is -2.40. The van der Waals surface area contributed by atoms with Gasteiger partial charge in [0, 0.05) is 23.5 Å². The van der Waals surface area contributed by atoms with Gasteiger partial charge in [-0.1, -0.05) is 23.7 Å². The van der Waals surface area contributed by atoms with Crippen molar-refractivity contribution in [3.8, 4) is 0 Å². The number of furan rings is 1. The summed E-state index contributed by atoms with van der Waals surface area (Å²) in [4.78, 5) is 4.53. The third-order valence-corrected chi connectivity index (χ3v) is 4.57. The fourth-order valence-corrected chi connectivity index (χ4v) is 3.05. The van der Waals surface area contributed by atoms with Gasteiger partial charge in [-0.15, -0.1) is 24.0 Å². The van der Waals surface area contributed by atoms with E-state index in [0.717, 1.165) is 18.0 Å². The smallest absolute Gasteiger partial charge is 0.191 e. The Labute approximate surface area is 176 Å². The van der Waals surface area contributed by atoms with Crippen molar-refractivity contribution in [2.45, 2.75) is 37.8 Å². The molecule has 0 spiro atoms. The SMILES string of the molecule is CCNC(=NCC(C)(O)c1ccco1)NC1CC1c1cccc(Cl)c1.I. The van der Waals surface area contributed by atoms with Crippen LogP contribution in [-0.2, 0) is 5.60 Å². The van der Waals surface area contributed by atoms with Crippen molar-refractivity contribution in [1.82, 2.24) is 10.6 Å². The van der Waals surface area contributed by atoms with E-state index in [2.05, 4.69) is 21.7 Å². The molecule has 1 aliphatic carbocycles. The van der Waals surface area contributed by atoms with E-state index in [1.165, 1.54) is 5.56 Å². The molecule has 1 aromatic heterocycles. The van der Waals surface area contributed by atoms with E-state index in [9.17, 15) is 5.11 Å². The summed E-state index contributed by atoms with van der Waals surface area (Å²) in [7, 11) is 0. The van der Waals surface area contributed by atoms with Crippen molar-refractivity contribution in [3.63, 3.8) is 0 Å². The van der Waals surface area contributed by atoms with E-state index >= 15 is 0 Å². The summed E-state index contributed by atoms with van der Waals surface area (Å²) in [5.74, 6) is 1.65. The molecule has 2 aromatic rings. The van der Waals surface area contributed by atoms with Crippen LogP contribution in [0, 0.1) is 0 Å². The van der Waals surface area contributed by atoms with E-state index in [0.29, 0.717) is 23.7 Å². The molecule has 142 valence electrons. The van der Waals surface area contributed by atoms with E-state index in [4.69, 9.17) is 16.0 Å². The van der Waals surface area contributed by atoms with Crippen LogP contribution in [0.5, 0.6) is 0 Å². The molecule has 7 heteroatoms. The van der Waals surface area contributed by atoms with Gasteiger partial charge in [0.1, 0.15) is 11.4 Å². The molecular weight excluding hydrogens is 465 g/mol. The van der Waals surface area contributed by atoms with Crippen LogP contribution in [0.1, 0.15) is 37.5 Å². The molecular formula is C19H25ClIN3O2. The number of aliphatic hydroxyl groups is 1. The average molecular weight is 490 g/mol. The molecule has 1 aromatic carbocycles. The van der Waals surface area contributed by atoms with Crippen LogP contribution in [0.4, 0.5) is 0 Å². The second-order valence-corrected chi connectivity index (χ2v) is 7.03. The lowest BCUT2D eigenvalue weighted by Gasteiger charge is -2.19. The number of hydrogen-bond acceptors (Lipinski definition) is 3. The Morgan fingerprint density at radius 1 is 1.38 bits per heavy atom. The number of benzene rings is 1. The Morgan fingerprint density at radius 2 is 2.19 bits per heavy atom. The van der Waals surface area contributed by atoms with Crippen LogP contribution >= 0.6 is 35.6 Å². The highest BCUT2D eigenvalue weighted by molar-refractivity contribution is 14.0. The number of rotatable bonds is 6. The molecule has 1 fully saturated rings. The lowest BCUT2D eigenvalue weighted by molar-refractivity contribution is 0.0437. The summed E-state index contributed by atoms with van der Waals surface area (Å²) >= 11 is 6.08. The molecule has 5 nitrogen and oxygen atoms in total. The van der Waals surface area contributed by atoms with Gasteiger partial charge < -0.3 is 20.2 Å². The average Bonchev–Trinajstić information content (AvgIpc) is 3.10. The van der Waals surface area contributed by atoms with E-state index in [-0.39, 0.29) is 30.5 Å². The molecule has 3 unspecified atom stereocenters. The zero-order valence-corrected chi connectivity index (χ0v) is 18.0. The third-order valence-electron chi connectivity index (χ3n) is 4.33. The Bertz CT molecular complexity index is 734. The number of nitrogens with one attached hydrogen (secondary N) is 2. The minimum absolute atomic E-state index is 0. The molecule has 0 saturated heterocycles. The van der Waals surface area contributed by atoms with E-state index in [1.807, 2.05) is 25.1 Å². The van der Waals surface area contributed by atoms with Gasteiger partial charge in [-0.25, -0.2) is 4.99 Å². The normalized spacial score (nSPS) is 21.5. The van der Waals surface area contributed by atoms with Gasteiger partial charge in [-0.05, 0) is 50.1 Å². The molecule has 0 bridgehead atoms. The molecule has 0 amide bonds. The summed E-state index contributed by atoms with van der Waals surface area (Å²) in [6, 6.07) is 11.8. The summed E-state index contributed by atoms with van der Waals surface area (Å²) in [5.41, 5.74) is 0.102. The maximum Gasteiger partial charge on any atom is 0.191 e. The molecule has 0 aliphatic heterocycles. The fraction of sp³-hybridized carbons (Fsp3) is 0.421. The van der Waals surface area contributed by atoms with Crippen LogP contribution in [0.15, 0.2) is 52.1 Å². The lowest BCUT2D eigenvalue weighted by atomic mass is 10.0. The predicted octanol–water partition coefficient (Wildman–Crippen LogP) is 3.87. The molecule has 3 rings (SSSR count). The summed E-state index contributed by atoms with van der Waals surface area (Å²) in [6.07, 6.45) is 2.59. The highest BCUT2D eigenvalue weighted by Crippen LogP contribution is 2.41. The Morgan fingerprint density at radius 3 is 2.85 bits per heavy atom. The predicted molar refractivity (Wildman–Crippen MR) is 115 cm³/mol. The number of hydrogen-bond donors (Lipinski definition) is 3. The van der Waals surface area contributed by atoms with Crippen molar-refractivity contribution in [3.05, 3.63) is 59.0 Å². The van der Waals surface area contributed by atoms with Crippen LogP contribution < -0.4 is 10.6 Å². The van der Waals surface area contributed by atoms with Gasteiger partial charge in [0.25, 0.3) is 0 Å². The molecule has 26 heavy (non-hydrogen) atoms. The topological polar surface area (TPSA) is 69.8 Å². The second-order valence-electron chi connectivity index (χ2n) is 6.59. The first-order valence-corrected chi connectivity index (χ1v) is 8.94. The van der Waals surface area contributed by atoms with Crippen LogP contribution in [0.25, 0.3) is 0 Å². The van der Waals surface area contributed by atoms with E-state index < -0.39 is 5.60 Å². The van der Waals surface area contributed by atoms with Crippen molar-refractivity contribution < 1.29 is 9.52 Å². The largest absolute Gasteiger partial charge is 0.466 e. The van der Waals surface area contributed by atoms with E-state index in [1.54, 1.807) is 25.3 Å². The maximum absolute atomic E-state index is 10.5. The summed E-state index contributed by atoms with van der Waals surface area (Å²) in [5, 5.41) is 18.0. The van der Waals surface area contributed by atoms with Gasteiger partial charge in [0.2, 0.25) is 0 Å². The minimum atomic E-state index is -1.14. The van der Waals surface area contributed by atoms with Gasteiger partial charge in [-0.3, -0.25) is 0 Å². The van der Waals surface area contributed by atoms with Gasteiger partial charge in [0.05, 0.1) is 12.8 Å². The van der Waals surface area contributed by atoms with Gasteiger partial charge in [-0.2, -0.15) is 0 Å². The molecule has 3 N–H and O–H groups in total. The Hall–Kier alpha value is -1.25.